The molecule has 764 valence electrons. The molecule has 0 radical (unpaired) electrons. The molecule has 8 fully saturated rings. The minimum absolute atomic E-state index is 0.00486. The molecule has 27 nitrogen and oxygen atoms in total. The molecule has 0 aromatic heterocycles. The van der Waals surface area contributed by atoms with Gasteiger partial charge in [0.1, 0.15) is 72.1 Å². The Hall–Kier alpha value is -7.32. The molecule has 6 aliphatic heterocycles. The van der Waals surface area contributed by atoms with Crippen LogP contribution in [0.5, 0.6) is 17.2 Å². The van der Waals surface area contributed by atoms with Gasteiger partial charge < -0.3 is 99.8 Å². The Morgan fingerprint density at radius 3 is 1.45 bits per heavy atom. The van der Waals surface area contributed by atoms with Crippen molar-refractivity contribution < 1.29 is 123 Å². The number of nitrogens with zero attached hydrogens (tertiary/aromatic N) is 3. The number of halogens is 2. The summed E-state index contributed by atoms with van der Waals surface area (Å²) in [6.45, 7) is 19.3. The van der Waals surface area contributed by atoms with Crippen LogP contribution in [-0.2, 0) is 104 Å². The van der Waals surface area contributed by atoms with Crippen molar-refractivity contribution in [3.8, 4) is 23.3 Å². The number of ether oxygens (including phenoxy) is 19. The van der Waals surface area contributed by atoms with Gasteiger partial charge in [-0.2, -0.15) is 14.0 Å². The van der Waals surface area contributed by atoms with Crippen LogP contribution in [0.15, 0.2) is 126 Å². The maximum absolute atomic E-state index is 14.7. The van der Waals surface area contributed by atoms with Crippen molar-refractivity contribution in [2.45, 2.75) is 345 Å². The summed E-state index contributed by atoms with van der Waals surface area (Å²) in [6.07, 6.45) is 18.3. The molecule has 36 atom stereocenters. The number of carbonyl (C=O) groups is 5. The fourth-order valence-electron chi connectivity index (χ4n) is 24.5. The van der Waals surface area contributed by atoms with E-state index in [1.165, 1.54) is 17.7 Å². The standard InChI is InChI=1S/C42H67NO10.C41H65NO10.C26H23F2NO4/c1-11-26-13-12-14-35(53-37-16-15-34(43(6)7)24(4)49-37)23(3)38(45)33-20-31-29(32(33)21-36(44)51-26)17-22(2)28-18-27(19-30(28)31)52-42-41(48-10)40(47-9)39(46-8)25(5)50-42;1-10-26-12-11-13-34(52-36-17-16-33(42(5)6)23(3)48-36)22(2)37(44)32-20-30-28(31(32)21-35(43)50-26)15-14-25-18-27(19-29(25)30)51-41-40(47-9)39(46-8)38(45-7)24(4)49-41;1-17(2)24(18-11-13-21(14-12-18)32-26(27)28)25(30)33-23(16-29)19-7-6-10-22(15-19)31-20-8-4-3-5-9-20/h17,20,23-32,34-35,37,39-42H,11-16,18-19,21H2,1-10H3;14-15,20,22-31,33-34,36,38-41H,10-13,16-19,21H2,1-9H3;3-15,17,23-24,26H,1-2H3/t23-,24-,25+,26+,27-,28+,29-,30-,31-,32+,34+,35+,37+,39+,40-,41-,42+;22-,23-,24+,25-,26+,27-,28-,29-,30-,31+,33+,34+,36+,38+,39-,40-,41+;23?,24-/m110/s1. The molecule has 1 unspecified atom stereocenters. The van der Waals surface area contributed by atoms with Crippen LogP contribution in [0, 0.1) is 88.3 Å². The van der Waals surface area contributed by atoms with Crippen LogP contribution in [0.4, 0.5) is 8.78 Å². The van der Waals surface area contributed by atoms with Gasteiger partial charge in [-0.25, -0.2) is 0 Å². The summed E-state index contributed by atoms with van der Waals surface area (Å²) in [5, 5.41) is 9.66. The number of cyclic esters (lactones) is 2. The van der Waals surface area contributed by atoms with Gasteiger partial charge in [-0.05, 0) is 272 Å². The molecule has 0 spiro atoms. The number of hydrogen-bond donors (Lipinski definition) is 0. The predicted octanol–water partition coefficient (Wildman–Crippen LogP) is 18.0. The number of hydrogen-bond acceptors (Lipinski definition) is 27. The number of alkyl halides is 2. The Kier molecular flexibility index (Phi) is 38.9. The molecular formula is C109H155F2N3O24. The second-order valence-electron chi connectivity index (χ2n) is 41.1. The van der Waals surface area contributed by atoms with E-state index in [9.17, 15) is 38.0 Å². The molecule has 6 aliphatic carbocycles. The van der Waals surface area contributed by atoms with E-state index in [0.717, 1.165) is 101 Å². The van der Waals surface area contributed by atoms with E-state index >= 15 is 0 Å². The van der Waals surface area contributed by atoms with Crippen LogP contribution in [0.25, 0.3) is 0 Å². The van der Waals surface area contributed by atoms with Gasteiger partial charge in [0.05, 0.1) is 67.6 Å². The van der Waals surface area contributed by atoms with Crippen molar-refractivity contribution in [3.05, 3.63) is 137 Å². The number of carbonyl (C=O) groups excluding carboxylic acids is 5. The lowest BCUT2D eigenvalue weighted by molar-refractivity contribution is -0.314. The van der Waals surface area contributed by atoms with Crippen molar-refractivity contribution >= 4 is 29.5 Å². The van der Waals surface area contributed by atoms with Crippen LogP contribution in [0.1, 0.15) is 215 Å². The Bertz CT molecular complexity index is 4620. The third-order valence-corrected chi connectivity index (χ3v) is 31.8. The number of rotatable bonds is 27. The van der Waals surface area contributed by atoms with Gasteiger partial charge in [-0.3, -0.25) is 24.0 Å². The maximum atomic E-state index is 14.7. The number of allylic oxidation sites excluding steroid dienone is 8. The summed E-state index contributed by atoms with van der Waals surface area (Å²) in [5.41, 5.74) is 3.89. The Morgan fingerprint density at radius 1 is 0.493 bits per heavy atom. The van der Waals surface area contributed by atoms with Gasteiger partial charge in [0.15, 0.2) is 36.7 Å². The van der Waals surface area contributed by atoms with Gasteiger partial charge in [0.2, 0.25) is 6.10 Å². The lowest BCUT2D eigenvalue weighted by Gasteiger charge is -2.44. The SMILES string of the molecule is CC(C)[C@H](C(=O)OC(C#N)c1cccc(Oc2ccccc2)c1)c1ccc(OC(F)F)cc1.CC[C@H]1CCC[C@H](O[C@H]2CC[C@H](N(C)C)[C@@H](C)O2)[C@@H](C)C(=O)C2=C[C@@H]3[C@@H](C=C(C)[C@@H]4C[C@@H](O[C@@H]5O[C@@H](C)[C@H](OC)[C@@H](OC)[C@H]5OC)C[C@@H]34)[C@@H]2CC(=O)O1.CC[C@H]1CCC[C@H](O[C@H]2CC[C@H](N(C)C)[C@@H](C)O2)[C@@H](C)C(=O)C2=C[C@@H]3[C@@H](C=C[C@@H]4C[C@@H](O[C@@H]5O[C@@H](C)[C@H](OC)[C@@H](OC)[C@H]5OC)C[C@@H]34)[C@@H]2CC(=O)O1. The van der Waals surface area contributed by atoms with Crippen molar-refractivity contribution in [1.82, 2.24) is 9.80 Å². The topological polar surface area (TPSA) is 291 Å². The Balaban J connectivity index is 0.000000180. The highest BCUT2D eigenvalue weighted by Crippen LogP contribution is 2.58. The zero-order valence-corrected chi connectivity index (χ0v) is 85.0. The second-order valence-corrected chi connectivity index (χ2v) is 41.1. The van der Waals surface area contributed by atoms with Gasteiger partial charge in [-0.15, -0.1) is 0 Å². The number of methoxy groups -OCH3 is 6. The lowest BCUT2D eigenvalue weighted by Crippen LogP contribution is -2.59. The smallest absolute Gasteiger partial charge is 0.387 e. The van der Waals surface area contributed by atoms with Crippen LogP contribution < -0.4 is 9.47 Å². The second kappa shape index (κ2) is 49.8. The maximum Gasteiger partial charge on any atom is 0.387 e. The monoisotopic (exact) mass is 1930 g/mol. The number of likely N-dealkylation sites (N-methyl/N-ethyl adjacent to an activating group) is 2. The third-order valence-electron chi connectivity index (χ3n) is 31.8. The summed E-state index contributed by atoms with van der Waals surface area (Å²) in [5.74, 6) is -0.272. The van der Waals surface area contributed by atoms with Crippen LogP contribution in [-0.4, -0.2) is 252 Å². The van der Waals surface area contributed by atoms with Crippen molar-refractivity contribution in [2.24, 2.45) is 76.9 Å². The van der Waals surface area contributed by atoms with E-state index in [4.69, 9.17) is 85.3 Å². The summed E-state index contributed by atoms with van der Waals surface area (Å²) in [6, 6.07) is 24.5. The number of para-hydroxylation sites is 1. The van der Waals surface area contributed by atoms with Gasteiger partial charge >= 0.3 is 24.5 Å². The number of esters is 3. The predicted molar refractivity (Wildman–Crippen MR) is 511 cm³/mol. The average Bonchev–Trinajstić information content (AvgIpc) is 1.57. The van der Waals surface area contributed by atoms with Gasteiger partial charge in [-0.1, -0.05) is 120 Å². The van der Waals surface area contributed by atoms with E-state index in [2.05, 4.69) is 108 Å². The normalized spacial score (nSPS) is 37.7. The lowest BCUT2D eigenvalue weighted by atomic mass is 9.67. The summed E-state index contributed by atoms with van der Waals surface area (Å²) >= 11 is 0. The summed E-state index contributed by atoms with van der Waals surface area (Å²) < 4.78 is 140. The van der Waals surface area contributed by atoms with E-state index in [-0.39, 0.29) is 205 Å². The first-order valence-corrected chi connectivity index (χ1v) is 50.7. The number of fused-ring (bicyclic) bond motifs is 10. The molecule has 138 heavy (non-hydrogen) atoms. The molecule has 0 N–H and O–H groups in total. The average molecular weight is 1930 g/mol. The molecule has 3 aromatic carbocycles. The minimum Gasteiger partial charge on any atom is -0.462 e. The molecule has 2 saturated carbocycles. The molecule has 12 aliphatic rings. The highest BCUT2D eigenvalue weighted by molar-refractivity contribution is 6.00. The molecular weight excluding hydrogens is 1770 g/mol. The molecule has 0 bridgehead atoms. The first kappa shape index (κ1) is 108. The zero-order valence-electron chi connectivity index (χ0n) is 85.0. The number of Topliss-reactive ketones (excluding diaryl/α,β-unsaturated/α-hetero) is 2. The largest absolute Gasteiger partial charge is 0.462 e. The van der Waals surface area contributed by atoms with Gasteiger partial charge in [0.25, 0.3) is 0 Å². The first-order chi connectivity index (χ1) is 66.2. The molecule has 0 amide bonds. The molecule has 6 saturated heterocycles. The quantitative estimate of drug-likeness (QED) is 0.0389. The Labute approximate surface area is 816 Å². The molecule has 15 rings (SSSR count). The fourth-order valence-corrected chi connectivity index (χ4v) is 24.5. The van der Waals surface area contributed by atoms with Crippen LogP contribution >= 0.6 is 0 Å². The molecule has 29 heteroatoms. The summed E-state index contributed by atoms with van der Waals surface area (Å²) in [7, 11) is 18.3. The van der Waals surface area contributed by atoms with E-state index in [1.807, 2.05) is 65.8 Å². The highest BCUT2D eigenvalue weighted by Gasteiger charge is 2.57. The number of nitriles is 1. The van der Waals surface area contributed by atoms with Crippen molar-refractivity contribution in [3.63, 3.8) is 0 Å². The zero-order chi connectivity index (χ0) is 99.2. The van der Waals surface area contributed by atoms with Gasteiger partial charge in [0, 0.05) is 84.0 Å². The number of ketones is 2. The highest BCUT2D eigenvalue weighted by atomic mass is 19.3. The van der Waals surface area contributed by atoms with Crippen molar-refractivity contribution in [2.75, 3.05) is 70.8 Å². The fraction of sp³-hybridized carbons (Fsp3) is 0.706. The Morgan fingerprint density at radius 2 is 0.978 bits per heavy atom. The minimum atomic E-state index is -2.93. The molecule has 3 aromatic rings. The molecule has 6 heterocycles. The first-order valence-electron chi connectivity index (χ1n) is 50.7. The number of benzene rings is 3. The van der Waals surface area contributed by atoms with Crippen LogP contribution in [0.2, 0.25) is 0 Å². The van der Waals surface area contributed by atoms with Crippen molar-refractivity contribution in [1.29, 1.82) is 5.26 Å². The van der Waals surface area contributed by atoms with E-state index in [1.54, 1.807) is 91.2 Å². The van der Waals surface area contributed by atoms with E-state index in [0.29, 0.717) is 59.4 Å². The summed E-state index contributed by atoms with van der Waals surface area (Å²) in [4.78, 5) is 73.9. The van der Waals surface area contributed by atoms with Crippen LogP contribution in [0.3, 0.4) is 0 Å². The van der Waals surface area contributed by atoms with E-state index < -0.39 is 49.4 Å². The third kappa shape index (κ3) is 25.7.